The highest BCUT2D eigenvalue weighted by molar-refractivity contribution is 5.88. The van der Waals surface area contributed by atoms with Gasteiger partial charge < -0.3 is 19.3 Å². The first-order valence-corrected chi connectivity index (χ1v) is 10.6. The van der Waals surface area contributed by atoms with Crippen LogP contribution in [0, 0.1) is 0 Å². The van der Waals surface area contributed by atoms with Gasteiger partial charge in [-0.25, -0.2) is 4.79 Å². The second kappa shape index (κ2) is 10.2. The molecule has 9 heteroatoms. The maximum Gasteiger partial charge on any atom is 0.410 e. The van der Waals surface area contributed by atoms with Gasteiger partial charge in [-0.05, 0) is 17.2 Å². The first kappa shape index (κ1) is 21.8. The molecule has 32 heavy (non-hydrogen) atoms. The van der Waals surface area contributed by atoms with E-state index in [0.717, 1.165) is 11.1 Å². The van der Waals surface area contributed by atoms with Crippen LogP contribution in [-0.4, -0.2) is 83.0 Å². The van der Waals surface area contributed by atoms with E-state index < -0.39 is 6.09 Å². The van der Waals surface area contributed by atoms with Gasteiger partial charge in [-0.1, -0.05) is 36.4 Å². The van der Waals surface area contributed by atoms with E-state index in [4.69, 9.17) is 9.47 Å². The summed E-state index contributed by atoms with van der Waals surface area (Å²) in [7, 11) is 0. The number of pyridine rings is 1. The van der Waals surface area contributed by atoms with Crippen molar-refractivity contribution in [3.63, 3.8) is 0 Å². The molecule has 2 fully saturated rings. The Morgan fingerprint density at radius 2 is 1.88 bits per heavy atom. The topological polar surface area (TPSA) is 92.3 Å². The predicted molar refractivity (Wildman–Crippen MR) is 114 cm³/mol. The average Bonchev–Trinajstić information content (AvgIpc) is 3.14. The third kappa shape index (κ3) is 5.61. The summed E-state index contributed by atoms with van der Waals surface area (Å²) in [5, 5.41) is 0. The van der Waals surface area contributed by atoms with Crippen molar-refractivity contribution in [3.8, 4) is 0 Å². The van der Waals surface area contributed by atoms with Crippen molar-refractivity contribution in [1.82, 2.24) is 19.7 Å². The molecule has 0 saturated carbocycles. The average molecular weight is 438 g/mol. The zero-order valence-electron chi connectivity index (χ0n) is 17.8. The Balaban J connectivity index is 1.47. The van der Waals surface area contributed by atoms with Crippen LogP contribution < -0.4 is 0 Å². The number of aromatic nitrogens is 1. The van der Waals surface area contributed by atoms with Crippen LogP contribution in [0.15, 0.2) is 54.9 Å². The lowest BCUT2D eigenvalue weighted by Gasteiger charge is -2.25. The molecule has 4 rings (SSSR count). The zero-order chi connectivity index (χ0) is 22.3. The molecular weight excluding hydrogens is 412 g/mol. The van der Waals surface area contributed by atoms with Crippen LogP contribution in [0.1, 0.15) is 11.1 Å². The number of ether oxygens (including phenoxy) is 2. The number of benzene rings is 1. The Hall–Kier alpha value is -3.46. The van der Waals surface area contributed by atoms with E-state index in [0.29, 0.717) is 26.2 Å². The minimum absolute atomic E-state index is 0.0623. The third-order valence-electron chi connectivity index (χ3n) is 5.48. The quantitative estimate of drug-likeness (QED) is 0.647. The fourth-order valence-electron chi connectivity index (χ4n) is 3.76. The van der Waals surface area contributed by atoms with E-state index in [1.807, 2.05) is 42.5 Å². The molecule has 0 bridgehead atoms. The number of hydrogen-bond acceptors (Lipinski definition) is 6. The lowest BCUT2D eigenvalue weighted by molar-refractivity contribution is -0.139. The van der Waals surface area contributed by atoms with Gasteiger partial charge in [0.2, 0.25) is 11.8 Å². The predicted octanol–water partition coefficient (Wildman–Crippen LogP) is 1.29. The minimum Gasteiger partial charge on any atom is -0.448 e. The van der Waals surface area contributed by atoms with Gasteiger partial charge in [-0.2, -0.15) is 0 Å². The molecule has 1 atom stereocenters. The summed E-state index contributed by atoms with van der Waals surface area (Å²) in [6, 6.07) is 13.5. The number of rotatable bonds is 7. The standard InChI is InChI=1S/C23H26N4O5/c28-21(15-25-9-10-31-23(25)30)27-14-20(32-17-18-5-2-1-3-6-18)13-26(22(29)16-27)12-19-7-4-8-24-11-19/h1-8,11,20H,9-10,12-17H2. The molecule has 0 N–H and O–H groups in total. The van der Waals surface area contributed by atoms with Crippen LogP contribution in [-0.2, 0) is 32.2 Å². The smallest absolute Gasteiger partial charge is 0.410 e. The summed E-state index contributed by atoms with van der Waals surface area (Å²) in [5.74, 6) is -0.467. The Kier molecular flexibility index (Phi) is 6.96. The van der Waals surface area contributed by atoms with Crippen LogP contribution in [0.4, 0.5) is 4.79 Å². The van der Waals surface area contributed by atoms with Crippen LogP contribution in [0.5, 0.6) is 0 Å². The molecule has 168 valence electrons. The number of amides is 3. The molecule has 2 aliphatic rings. The van der Waals surface area contributed by atoms with Crippen molar-refractivity contribution in [2.75, 3.05) is 39.3 Å². The molecule has 1 unspecified atom stereocenters. The number of carbonyl (C=O) groups is 3. The molecule has 2 saturated heterocycles. The number of cyclic esters (lactones) is 1. The van der Waals surface area contributed by atoms with Crippen molar-refractivity contribution >= 4 is 17.9 Å². The second-order valence-corrected chi connectivity index (χ2v) is 7.86. The van der Waals surface area contributed by atoms with Crippen LogP contribution in [0.2, 0.25) is 0 Å². The Labute approximate surface area is 186 Å². The molecule has 3 amide bonds. The van der Waals surface area contributed by atoms with E-state index in [1.54, 1.807) is 17.3 Å². The van der Waals surface area contributed by atoms with Gasteiger partial charge in [0, 0.05) is 32.0 Å². The SMILES string of the molecule is O=C(CN1CCOC1=O)N1CC(=O)N(Cc2cccnc2)CC(OCc2ccccc2)C1. The Morgan fingerprint density at radius 3 is 2.59 bits per heavy atom. The van der Waals surface area contributed by atoms with E-state index >= 15 is 0 Å². The highest BCUT2D eigenvalue weighted by atomic mass is 16.6. The monoisotopic (exact) mass is 438 g/mol. The van der Waals surface area contributed by atoms with Gasteiger partial charge >= 0.3 is 6.09 Å². The highest BCUT2D eigenvalue weighted by Gasteiger charge is 2.33. The molecule has 9 nitrogen and oxygen atoms in total. The lowest BCUT2D eigenvalue weighted by Crippen LogP contribution is -2.45. The first-order valence-electron chi connectivity index (χ1n) is 10.6. The van der Waals surface area contributed by atoms with E-state index in [-0.39, 0.29) is 44.2 Å². The van der Waals surface area contributed by atoms with Crippen molar-refractivity contribution in [3.05, 3.63) is 66.0 Å². The zero-order valence-corrected chi connectivity index (χ0v) is 17.8. The van der Waals surface area contributed by atoms with Gasteiger partial charge in [-0.3, -0.25) is 19.5 Å². The van der Waals surface area contributed by atoms with Gasteiger partial charge in [0.15, 0.2) is 0 Å². The Bertz CT molecular complexity index is 940. The molecular formula is C23H26N4O5. The van der Waals surface area contributed by atoms with Gasteiger partial charge in [0.25, 0.3) is 0 Å². The van der Waals surface area contributed by atoms with E-state index in [1.165, 1.54) is 9.80 Å². The summed E-state index contributed by atoms with van der Waals surface area (Å²) < 4.78 is 11.0. The highest BCUT2D eigenvalue weighted by Crippen LogP contribution is 2.15. The van der Waals surface area contributed by atoms with Gasteiger partial charge in [0.05, 0.1) is 25.8 Å². The summed E-state index contributed by atoms with van der Waals surface area (Å²) >= 11 is 0. The summed E-state index contributed by atoms with van der Waals surface area (Å²) in [6.45, 7) is 1.85. The Morgan fingerprint density at radius 1 is 1.06 bits per heavy atom. The normalized spacial score (nSPS) is 19.1. The van der Waals surface area contributed by atoms with Crippen LogP contribution >= 0.6 is 0 Å². The van der Waals surface area contributed by atoms with Gasteiger partial charge in [-0.15, -0.1) is 0 Å². The molecule has 0 aliphatic carbocycles. The second-order valence-electron chi connectivity index (χ2n) is 7.86. The molecule has 1 aromatic carbocycles. The van der Waals surface area contributed by atoms with Crippen LogP contribution in [0.25, 0.3) is 0 Å². The number of nitrogens with zero attached hydrogens (tertiary/aromatic N) is 4. The maximum atomic E-state index is 13.0. The summed E-state index contributed by atoms with van der Waals surface area (Å²) in [4.78, 5) is 46.3. The fraction of sp³-hybridized carbons (Fsp3) is 0.391. The number of hydrogen-bond donors (Lipinski definition) is 0. The van der Waals surface area contributed by atoms with Crippen molar-refractivity contribution < 1.29 is 23.9 Å². The fourth-order valence-corrected chi connectivity index (χ4v) is 3.76. The van der Waals surface area contributed by atoms with E-state index in [9.17, 15) is 14.4 Å². The van der Waals surface area contributed by atoms with Crippen molar-refractivity contribution in [2.24, 2.45) is 0 Å². The first-order chi connectivity index (χ1) is 15.6. The maximum absolute atomic E-state index is 13.0. The summed E-state index contributed by atoms with van der Waals surface area (Å²) in [6.07, 6.45) is 2.53. The van der Waals surface area contributed by atoms with Crippen molar-refractivity contribution in [2.45, 2.75) is 19.3 Å². The summed E-state index contributed by atoms with van der Waals surface area (Å²) in [5.41, 5.74) is 1.92. The number of carbonyl (C=O) groups excluding carboxylic acids is 3. The molecule has 0 spiro atoms. The molecule has 2 aliphatic heterocycles. The lowest BCUT2D eigenvalue weighted by atomic mass is 10.2. The third-order valence-corrected chi connectivity index (χ3v) is 5.48. The molecule has 0 radical (unpaired) electrons. The van der Waals surface area contributed by atoms with Crippen molar-refractivity contribution in [1.29, 1.82) is 0 Å². The minimum atomic E-state index is -0.505. The van der Waals surface area contributed by atoms with Crippen LogP contribution in [0.3, 0.4) is 0 Å². The van der Waals surface area contributed by atoms with Gasteiger partial charge in [0.1, 0.15) is 13.2 Å². The largest absolute Gasteiger partial charge is 0.448 e. The molecule has 1 aromatic heterocycles. The molecule has 2 aromatic rings. The molecule has 3 heterocycles. The van der Waals surface area contributed by atoms with E-state index in [2.05, 4.69) is 4.98 Å².